The topological polar surface area (TPSA) is 85.3 Å². The Labute approximate surface area is 261 Å². The Balaban J connectivity index is 1.77. The van der Waals surface area contributed by atoms with Gasteiger partial charge in [-0.1, -0.05) is 36.2 Å². The average Bonchev–Trinajstić information content (AvgIpc) is 3.11. The van der Waals surface area contributed by atoms with E-state index in [4.69, 9.17) is 25.8 Å². The summed E-state index contributed by atoms with van der Waals surface area (Å²) in [4.78, 5) is 28.7. The number of fused-ring (bicyclic) bond motifs is 3. The first kappa shape index (κ1) is 32.9. The molecule has 234 valence electrons. The maximum atomic E-state index is 13.2. The van der Waals surface area contributed by atoms with E-state index in [1.54, 1.807) is 39.0 Å². The molecule has 1 aliphatic heterocycles. The van der Waals surface area contributed by atoms with Crippen LogP contribution in [0.4, 0.5) is 5.69 Å². The highest BCUT2D eigenvalue weighted by atomic mass is 35.5. The molecule has 2 aromatic carbocycles. The lowest BCUT2D eigenvalue weighted by Gasteiger charge is -2.41. The molecular formula is C35H46ClNO6. The summed E-state index contributed by atoms with van der Waals surface area (Å²) >= 11 is 6.39. The second-order valence-electron chi connectivity index (χ2n) is 13.0. The predicted octanol–water partition coefficient (Wildman–Crippen LogP) is 6.90. The minimum atomic E-state index is -2.26. The van der Waals surface area contributed by atoms with Crippen LogP contribution in [-0.4, -0.2) is 49.5 Å². The summed E-state index contributed by atoms with van der Waals surface area (Å²) in [7, 11) is 1.20. The molecule has 0 fully saturated rings. The van der Waals surface area contributed by atoms with Crippen molar-refractivity contribution in [1.29, 1.82) is 0 Å². The Morgan fingerprint density at radius 1 is 1.19 bits per heavy atom. The normalized spacial score (nSPS) is 20.1. The van der Waals surface area contributed by atoms with Crippen molar-refractivity contribution >= 4 is 29.2 Å². The third kappa shape index (κ3) is 7.04. The van der Waals surface area contributed by atoms with Crippen LogP contribution in [0.25, 0.3) is 0 Å². The zero-order valence-corrected chi connectivity index (χ0v) is 27.0. The number of rotatable bonds is 10. The van der Waals surface area contributed by atoms with Crippen LogP contribution in [0.15, 0.2) is 49.1 Å². The lowest BCUT2D eigenvalue weighted by atomic mass is 9.70. The van der Waals surface area contributed by atoms with E-state index in [2.05, 4.69) is 23.6 Å². The van der Waals surface area contributed by atoms with Crippen LogP contribution in [-0.2, 0) is 36.5 Å². The van der Waals surface area contributed by atoms with E-state index in [9.17, 15) is 14.7 Å². The Morgan fingerprint density at radius 3 is 2.65 bits per heavy atom. The molecule has 0 aromatic heterocycles. The highest BCUT2D eigenvalue weighted by Gasteiger charge is 2.50. The van der Waals surface area contributed by atoms with Crippen LogP contribution in [0.1, 0.15) is 82.9 Å². The fourth-order valence-corrected chi connectivity index (χ4v) is 6.61. The number of methoxy groups -OCH3 is 1. The number of hydrogen-bond donors (Lipinski definition) is 1. The van der Waals surface area contributed by atoms with Gasteiger partial charge in [-0.25, -0.2) is 4.79 Å². The van der Waals surface area contributed by atoms with E-state index in [-0.39, 0.29) is 11.0 Å². The number of anilines is 1. The number of carbonyl (C=O) groups is 2. The molecular weight excluding hydrogens is 566 g/mol. The van der Waals surface area contributed by atoms with Crippen LogP contribution in [0.3, 0.4) is 0 Å². The van der Waals surface area contributed by atoms with Crippen LogP contribution < -0.4 is 9.64 Å². The summed E-state index contributed by atoms with van der Waals surface area (Å²) in [6.07, 6.45) is 8.94. The number of aryl methyl sites for hydroxylation is 1. The minimum absolute atomic E-state index is 0.249. The van der Waals surface area contributed by atoms with Gasteiger partial charge in [-0.05, 0) is 107 Å². The first-order valence-electron chi connectivity index (χ1n) is 15.3. The lowest BCUT2D eigenvalue weighted by Crippen LogP contribution is -2.48. The Morgan fingerprint density at radius 2 is 1.95 bits per heavy atom. The first-order valence-corrected chi connectivity index (χ1v) is 15.7. The van der Waals surface area contributed by atoms with Gasteiger partial charge in [0.15, 0.2) is 0 Å². The zero-order valence-electron chi connectivity index (χ0n) is 26.2. The predicted molar refractivity (Wildman–Crippen MR) is 170 cm³/mol. The van der Waals surface area contributed by atoms with Gasteiger partial charge in [0.1, 0.15) is 11.4 Å². The van der Waals surface area contributed by atoms with E-state index in [1.807, 2.05) is 12.1 Å². The molecule has 43 heavy (non-hydrogen) atoms. The summed E-state index contributed by atoms with van der Waals surface area (Å²) in [5, 5.41) is 12.7. The van der Waals surface area contributed by atoms with Gasteiger partial charge in [0.25, 0.3) is 0 Å². The summed E-state index contributed by atoms with van der Waals surface area (Å²) in [6, 6.07) is 11.4. The number of allylic oxidation sites excluding steroid dienone is 1. The number of carbonyl (C=O) groups excluding carboxylic acids is 2. The number of unbranched alkanes of at least 4 members (excludes halogenated alkanes) is 3. The van der Waals surface area contributed by atoms with Crippen LogP contribution >= 0.6 is 11.6 Å². The lowest BCUT2D eigenvalue weighted by molar-refractivity contribution is -0.185. The SMILES string of the molecule is C=CCCCCCN1C[C@@]2(CCCc3cc(Cl)ccc32)COc2ccc([C@](O)(C(=O)OC)[C@@H](C)C(=O)OC(C)(C)C)cc21. The van der Waals surface area contributed by atoms with E-state index in [0.29, 0.717) is 18.9 Å². The van der Waals surface area contributed by atoms with Crippen molar-refractivity contribution in [2.24, 2.45) is 5.92 Å². The van der Waals surface area contributed by atoms with Gasteiger partial charge in [-0.2, -0.15) is 0 Å². The van der Waals surface area contributed by atoms with Crippen molar-refractivity contribution in [3.8, 4) is 5.75 Å². The maximum absolute atomic E-state index is 13.2. The Hall–Kier alpha value is -3.03. The number of nitrogens with zero attached hydrogens (tertiary/aromatic N) is 1. The molecule has 1 spiro atoms. The molecule has 3 atom stereocenters. The van der Waals surface area contributed by atoms with Gasteiger partial charge >= 0.3 is 11.9 Å². The van der Waals surface area contributed by atoms with Crippen molar-refractivity contribution in [2.75, 3.05) is 31.7 Å². The zero-order chi connectivity index (χ0) is 31.4. The van der Waals surface area contributed by atoms with E-state index in [0.717, 1.165) is 62.2 Å². The van der Waals surface area contributed by atoms with Gasteiger partial charge in [0.05, 0.1) is 25.3 Å². The standard InChI is InChI=1S/C35H46ClNO6/c1-7-8-9-10-11-19-37-22-34(18-12-13-25-20-27(36)15-16-28(25)34)23-42-30-17-14-26(21-29(30)37)35(40,32(39)41-6)24(2)31(38)43-33(3,4)5/h7,14-17,20-21,24,40H,1,8-13,18-19,22-23H2,2-6H3/t24-,34-,35-/m0/s1. The molecule has 1 N–H and O–H groups in total. The first-order chi connectivity index (χ1) is 20.3. The average molecular weight is 612 g/mol. The summed E-state index contributed by atoms with van der Waals surface area (Å²) < 4.78 is 17.2. The summed E-state index contributed by atoms with van der Waals surface area (Å²) in [5.41, 5.74) is 0.243. The van der Waals surface area contributed by atoms with Gasteiger partial charge < -0.3 is 24.2 Å². The van der Waals surface area contributed by atoms with Gasteiger partial charge in [0.2, 0.25) is 5.60 Å². The molecule has 1 heterocycles. The molecule has 0 amide bonds. The molecule has 4 rings (SSSR count). The molecule has 8 heteroatoms. The fraction of sp³-hybridized carbons (Fsp3) is 0.543. The number of hydrogen-bond acceptors (Lipinski definition) is 7. The van der Waals surface area contributed by atoms with Gasteiger partial charge in [-0.3, -0.25) is 4.79 Å². The second-order valence-corrected chi connectivity index (χ2v) is 13.4. The smallest absolute Gasteiger partial charge is 0.343 e. The third-order valence-electron chi connectivity index (χ3n) is 8.70. The summed E-state index contributed by atoms with van der Waals surface area (Å²) in [6.45, 7) is 12.5. The van der Waals surface area contributed by atoms with E-state index in [1.165, 1.54) is 25.2 Å². The Kier molecular flexibility index (Phi) is 10.2. The van der Waals surface area contributed by atoms with E-state index < -0.39 is 29.1 Å². The number of benzene rings is 2. The van der Waals surface area contributed by atoms with Gasteiger partial charge in [-0.15, -0.1) is 6.58 Å². The highest BCUT2D eigenvalue weighted by Crippen LogP contribution is 2.46. The maximum Gasteiger partial charge on any atom is 0.343 e. The number of halogens is 1. The van der Waals surface area contributed by atoms with E-state index >= 15 is 0 Å². The van der Waals surface area contributed by atoms with Gasteiger partial charge in [0, 0.05) is 23.5 Å². The molecule has 0 bridgehead atoms. The van der Waals surface area contributed by atoms with Crippen molar-refractivity contribution in [3.05, 3.63) is 70.8 Å². The summed E-state index contributed by atoms with van der Waals surface area (Å²) in [5.74, 6) is -2.17. The molecule has 0 unspecified atom stereocenters. The second kappa shape index (κ2) is 13.3. The molecule has 7 nitrogen and oxygen atoms in total. The largest absolute Gasteiger partial charge is 0.490 e. The molecule has 1 aliphatic carbocycles. The monoisotopic (exact) mass is 611 g/mol. The molecule has 0 saturated heterocycles. The number of esters is 2. The van der Waals surface area contributed by atoms with Crippen LogP contribution in [0, 0.1) is 5.92 Å². The number of aliphatic hydroxyl groups is 1. The van der Waals surface area contributed by atoms with Crippen molar-refractivity contribution in [3.63, 3.8) is 0 Å². The van der Waals surface area contributed by atoms with Crippen molar-refractivity contribution < 1.29 is 28.9 Å². The third-order valence-corrected chi connectivity index (χ3v) is 8.93. The number of ether oxygens (including phenoxy) is 3. The highest BCUT2D eigenvalue weighted by molar-refractivity contribution is 6.30. The Bertz CT molecular complexity index is 1340. The minimum Gasteiger partial charge on any atom is -0.490 e. The quantitative estimate of drug-likeness (QED) is 0.178. The molecule has 0 radical (unpaired) electrons. The van der Waals surface area contributed by atoms with Crippen LogP contribution in [0.2, 0.25) is 5.02 Å². The molecule has 0 saturated carbocycles. The van der Waals surface area contributed by atoms with Crippen LogP contribution in [0.5, 0.6) is 5.75 Å². The molecule has 2 aromatic rings. The fourth-order valence-electron chi connectivity index (χ4n) is 6.42. The molecule has 2 aliphatic rings. The van der Waals surface area contributed by atoms with Crippen molar-refractivity contribution in [2.45, 2.75) is 89.3 Å². The van der Waals surface area contributed by atoms with Crippen molar-refractivity contribution in [1.82, 2.24) is 0 Å².